The Labute approximate surface area is 135 Å². The number of esters is 1. The molecule has 1 aromatic heterocycles. The lowest BCUT2D eigenvalue weighted by atomic mass is 10.0. The number of amides is 1. The van der Waals surface area contributed by atoms with Crippen LogP contribution in [0, 0.1) is 5.92 Å². The highest BCUT2D eigenvalue weighted by Crippen LogP contribution is 2.38. The van der Waals surface area contributed by atoms with Crippen molar-refractivity contribution in [3.63, 3.8) is 0 Å². The van der Waals surface area contributed by atoms with Crippen molar-refractivity contribution in [3.05, 3.63) is 12.1 Å². The fraction of sp³-hybridized carbons (Fsp3) is 0.562. The maximum Gasteiger partial charge on any atom is 0.329 e. The highest BCUT2D eigenvalue weighted by molar-refractivity contribution is 6.05. The van der Waals surface area contributed by atoms with Crippen LogP contribution in [0.5, 0.6) is 5.75 Å². The summed E-state index contributed by atoms with van der Waals surface area (Å²) in [5.41, 5.74) is 4.61. The summed E-state index contributed by atoms with van der Waals surface area (Å²) in [6.45, 7) is 9.08. The van der Waals surface area contributed by atoms with Gasteiger partial charge in [0.05, 0.1) is 6.61 Å². The number of ether oxygens (including phenoxy) is 2. The van der Waals surface area contributed by atoms with Crippen molar-refractivity contribution >= 4 is 23.5 Å². The van der Waals surface area contributed by atoms with Crippen molar-refractivity contribution in [2.24, 2.45) is 5.92 Å². The van der Waals surface area contributed by atoms with Gasteiger partial charge in [0.25, 0.3) is 5.91 Å². The number of hydrogen-bond donors (Lipinski definition) is 1. The fourth-order valence-electron chi connectivity index (χ4n) is 2.24. The van der Waals surface area contributed by atoms with Crippen LogP contribution in [0.25, 0.3) is 0 Å². The molecule has 126 valence electrons. The topological polar surface area (TPSA) is 94.8 Å². The van der Waals surface area contributed by atoms with Gasteiger partial charge in [0.1, 0.15) is 11.9 Å². The van der Waals surface area contributed by atoms with Gasteiger partial charge in [-0.3, -0.25) is 9.69 Å². The van der Waals surface area contributed by atoms with E-state index in [1.165, 1.54) is 4.90 Å². The van der Waals surface area contributed by atoms with Gasteiger partial charge in [-0.15, -0.1) is 0 Å². The molecule has 2 N–H and O–H groups in total. The zero-order chi connectivity index (χ0) is 17.4. The summed E-state index contributed by atoms with van der Waals surface area (Å²) in [7, 11) is 0. The number of hydrogen-bond acceptors (Lipinski definition) is 6. The molecule has 1 aliphatic heterocycles. The smallest absolute Gasteiger partial charge is 0.329 e. The molecule has 7 nitrogen and oxygen atoms in total. The van der Waals surface area contributed by atoms with E-state index in [2.05, 4.69) is 4.98 Å². The quantitative estimate of drug-likeness (QED) is 0.849. The van der Waals surface area contributed by atoms with E-state index < -0.39 is 17.6 Å². The van der Waals surface area contributed by atoms with E-state index in [1.807, 2.05) is 13.8 Å². The summed E-state index contributed by atoms with van der Waals surface area (Å²) in [5, 5.41) is 0. The summed E-state index contributed by atoms with van der Waals surface area (Å²) in [5.74, 6) is 0.254. The first-order chi connectivity index (χ1) is 10.6. The molecule has 0 fully saturated rings. The van der Waals surface area contributed by atoms with Crippen molar-refractivity contribution in [2.75, 3.05) is 17.2 Å². The van der Waals surface area contributed by atoms with E-state index in [9.17, 15) is 9.59 Å². The van der Waals surface area contributed by atoms with Gasteiger partial charge < -0.3 is 15.2 Å². The monoisotopic (exact) mass is 321 g/mol. The lowest BCUT2D eigenvalue weighted by Gasteiger charge is -2.39. The van der Waals surface area contributed by atoms with Gasteiger partial charge in [-0.2, -0.15) is 0 Å². The molecule has 1 amide bonds. The Balaban J connectivity index is 2.37. The standard InChI is InChI=1S/C16H23N3O4/c1-9(2)8-22-14(20)10(3)19-13-11(6-7-12(17)18-13)23-16(4,5)15(19)21/h6-7,9-10H,8H2,1-5H3,(H2,17,18). The molecule has 0 aromatic carbocycles. The summed E-state index contributed by atoms with van der Waals surface area (Å²) >= 11 is 0. The molecule has 7 heteroatoms. The number of rotatable bonds is 4. The molecular formula is C16H23N3O4. The molecule has 1 aromatic rings. The summed E-state index contributed by atoms with van der Waals surface area (Å²) in [6, 6.07) is 2.41. The number of nitrogens with zero attached hydrogens (tertiary/aromatic N) is 2. The number of nitrogens with two attached hydrogens (primary N) is 1. The third-order valence-electron chi connectivity index (χ3n) is 3.48. The largest absolute Gasteiger partial charge is 0.474 e. The number of carbonyl (C=O) groups is 2. The van der Waals surface area contributed by atoms with Crippen LogP contribution in [0.15, 0.2) is 12.1 Å². The van der Waals surface area contributed by atoms with Crippen molar-refractivity contribution in [2.45, 2.75) is 46.3 Å². The Bertz CT molecular complexity index is 628. The van der Waals surface area contributed by atoms with E-state index in [4.69, 9.17) is 15.2 Å². The Morgan fingerprint density at radius 2 is 2.04 bits per heavy atom. The molecule has 0 radical (unpaired) electrons. The lowest BCUT2D eigenvalue weighted by molar-refractivity contribution is -0.148. The van der Waals surface area contributed by atoms with Crippen LogP contribution in [0.3, 0.4) is 0 Å². The molecule has 0 saturated carbocycles. The first kappa shape index (κ1) is 17.1. The van der Waals surface area contributed by atoms with Gasteiger partial charge in [-0.1, -0.05) is 13.8 Å². The molecule has 0 spiro atoms. The molecular weight excluding hydrogens is 298 g/mol. The number of anilines is 2. The Morgan fingerprint density at radius 3 is 2.65 bits per heavy atom. The van der Waals surface area contributed by atoms with E-state index in [0.717, 1.165) is 0 Å². The molecule has 2 heterocycles. The van der Waals surface area contributed by atoms with Crippen molar-refractivity contribution in [1.29, 1.82) is 0 Å². The van der Waals surface area contributed by atoms with Gasteiger partial charge in [0, 0.05) is 0 Å². The maximum absolute atomic E-state index is 12.7. The van der Waals surface area contributed by atoms with Gasteiger partial charge in [-0.25, -0.2) is 9.78 Å². The minimum Gasteiger partial charge on any atom is -0.474 e. The van der Waals surface area contributed by atoms with Crippen LogP contribution in [-0.2, 0) is 14.3 Å². The van der Waals surface area contributed by atoms with Crippen molar-refractivity contribution < 1.29 is 19.1 Å². The SMILES string of the molecule is CC(C)COC(=O)C(C)N1C(=O)C(C)(C)Oc2ccc(N)nc21. The summed E-state index contributed by atoms with van der Waals surface area (Å²) in [6.07, 6.45) is 0. The third kappa shape index (κ3) is 3.38. The van der Waals surface area contributed by atoms with E-state index in [-0.39, 0.29) is 23.5 Å². The van der Waals surface area contributed by atoms with E-state index in [0.29, 0.717) is 12.4 Å². The van der Waals surface area contributed by atoms with Crippen LogP contribution in [0.2, 0.25) is 0 Å². The zero-order valence-electron chi connectivity index (χ0n) is 14.1. The minimum absolute atomic E-state index is 0.212. The van der Waals surface area contributed by atoms with Crippen molar-refractivity contribution in [3.8, 4) is 5.75 Å². The second-order valence-electron chi connectivity index (χ2n) is 6.55. The van der Waals surface area contributed by atoms with Crippen LogP contribution in [0.1, 0.15) is 34.6 Å². The van der Waals surface area contributed by atoms with Crippen molar-refractivity contribution in [1.82, 2.24) is 4.98 Å². The molecule has 23 heavy (non-hydrogen) atoms. The fourth-order valence-corrected chi connectivity index (χ4v) is 2.24. The molecule has 1 aliphatic rings. The predicted molar refractivity (Wildman–Crippen MR) is 86.1 cm³/mol. The zero-order valence-corrected chi connectivity index (χ0v) is 14.1. The number of aromatic nitrogens is 1. The van der Waals surface area contributed by atoms with Crippen LogP contribution >= 0.6 is 0 Å². The highest BCUT2D eigenvalue weighted by Gasteiger charge is 2.45. The first-order valence-corrected chi connectivity index (χ1v) is 7.59. The maximum atomic E-state index is 12.7. The van der Waals surface area contributed by atoms with Crippen LogP contribution < -0.4 is 15.4 Å². The van der Waals surface area contributed by atoms with E-state index in [1.54, 1.807) is 32.9 Å². The average Bonchev–Trinajstić information content (AvgIpc) is 2.46. The Hall–Kier alpha value is -2.31. The predicted octanol–water partition coefficient (Wildman–Crippen LogP) is 1.76. The van der Waals surface area contributed by atoms with Crippen LogP contribution in [-0.4, -0.2) is 35.1 Å². The molecule has 1 atom stereocenters. The molecule has 0 aliphatic carbocycles. The second kappa shape index (κ2) is 6.06. The molecule has 1 unspecified atom stereocenters. The summed E-state index contributed by atoms with van der Waals surface area (Å²) in [4.78, 5) is 30.5. The molecule has 0 saturated heterocycles. The number of fused-ring (bicyclic) bond motifs is 1. The lowest BCUT2D eigenvalue weighted by Crippen LogP contribution is -2.57. The molecule has 0 bridgehead atoms. The average molecular weight is 321 g/mol. The van der Waals surface area contributed by atoms with Gasteiger partial charge in [-0.05, 0) is 38.8 Å². The Morgan fingerprint density at radius 1 is 1.39 bits per heavy atom. The van der Waals surface area contributed by atoms with Gasteiger partial charge in [0.15, 0.2) is 17.2 Å². The first-order valence-electron chi connectivity index (χ1n) is 7.59. The Kier molecular flexibility index (Phi) is 4.49. The third-order valence-corrected chi connectivity index (χ3v) is 3.48. The normalized spacial score (nSPS) is 17.5. The second-order valence-corrected chi connectivity index (χ2v) is 6.55. The highest BCUT2D eigenvalue weighted by atomic mass is 16.5. The number of carbonyl (C=O) groups excluding carboxylic acids is 2. The minimum atomic E-state index is -1.10. The number of nitrogen functional groups attached to an aromatic ring is 1. The van der Waals surface area contributed by atoms with Gasteiger partial charge >= 0.3 is 5.97 Å². The number of pyridine rings is 1. The molecule has 2 rings (SSSR count). The van der Waals surface area contributed by atoms with E-state index >= 15 is 0 Å². The van der Waals surface area contributed by atoms with Crippen LogP contribution in [0.4, 0.5) is 11.6 Å². The summed E-state index contributed by atoms with van der Waals surface area (Å²) < 4.78 is 10.9. The van der Waals surface area contributed by atoms with Gasteiger partial charge in [0.2, 0.25) is 0 Å².